The van der Waals surface area contributed by atoms with Crippen molar-refractivity contribution in [1.29, 1.82) is 0 Å². The van der Waals surface area contributed by atoms with Gasteiger partial charge in [0.25, 0.3) is 0 Å². The quantitative estimate of drug-likeness (QED) is 0.662. The van der Waals surface area contributed by atoms with Gasteiger partial charge < -0.3 is 10.1 Å². The first-order valence-corrected chi connectivity index (χ1v) is 10.8. The summed E-state index contributed by atoms with van der Waals surface area (Å²) in [7, 11) is -3.62. The van der Waals surface area contributed by atoms with Crippen LogP contribution in [0.25, 0.3) is 0 Å². The Morgan fingerprint density at radius 2 is 1.92 bits per heavy atom. The molecule has 1 N–H and O–H groups in total. The van der Waals surface area contributed by atoms with Crippen molar-refractivity contribution in [3.8, 4) is 0 Å². The van der Waals surface area contributed by atoms with E-state index in [0.717, 1.165) is 49.8 Å². The van der Waals surface area contributed by atoms with Crippen molar-refractivity contribution in [2.75, 3.05) is 50.0 Å². The van der Waals surface area contributed by atoms with Gasteiger partial charge in [0.05, 0.1) is 25.2 Å². The van der Waals surface area contributed by atoms with Crippen molar-refractivity contribution in [2.45, 2.75) is 19.4 Å². The minimum atomic E-state index is -3.62. The normalized spacial score (nSPS) is 16.9. The van der Waals surface area contributed by atoms with Crippen molar-refractivity contribution < 1.29 is 17.9 Å². The third-order valence-electron chi connectivity index (χ3n) is 4.22. The molecule has 0 spiro atoms. The zero-order valence-corrected chi connectivity index (χ0v) is 16.7. The number of amides is 1. The maximum absolute atomic E-state index is 12.4. The lowest BCUT2D eigenvalue weighted by Gasteiger charge is -2.29. The molecule has 2 rings (SSSR count). The van der Waals surface area contributed by atoms with Gasteiger partial charge in [-0.25, -0.2) is 8.42 Å². The minimum Gasteiger partial charge on any atom is -0.379 e. The average molecular weight is 404 g/mol. The Balaban J connectivity index is 1.91. The topological polar surface area (TPSA) is 79.0 Å². The summed E-state index contributed by atoms with van der Waals surface area (Å²) >= 11 is 5.86. The third-order valence-corrected chi connectivity index (χ3v) is 5.72. The summed E-state index contributed by atoms with van der Waals surface area (Å²) in [4.78, 5) is 14.7. The molecule has 1 amide bonds. The Kier molecular flexibility index (Phi) is 7.69. The summed E-state index contributed by atoms with van der Waals surface area (Å²) in [6.07, 6.45) is 1.89. The van der Waals surface area contributed by atoms with Gasteiger partial charge in [-0.05, 0) is 44.2 Å². The molecule has 0 saturated carbocycles. The molecule has 0 radical (unpaired) electrons. The van der Waals surface area contributed by atoms with E-state index in [0.29, 0.717) is 17.3 Å². The molecule has 7 nitrogen and oxygen atoms in total. The second kappa shape index (κ2) is 9.55. The number of benzene rings is 1. The molecular weight excluding hydrogens is 378 g/mol. The highest BCUT2D eigenvalue weighted by Gasteiger charge is 2.28. The number of sulfonamides is 1. The molecule has 146 valence electrons. The summed E-state index contributed by atoms with van der Waals surface area (Å²) in [6.45, 7) is 6.25. The molecule has 9 heteroatoms. The smallest absolute Gasteiger partial charge is 0.243 e. The van der Waals surface area contributed by atoms with E-state index in [-0.39, 0.29) is 5.91 Å². The van der Waals surface area contributed by atoms with Crippen LogP contribution in [-0.4, -0.2) is 70.9 Å². The maximum atomic E-state index is 12.4. The fraction of sp³-hybridized carbons (Fsp3) is 0.588. The number of anilines is 1. The fourth-order valence-corrected chi connectivity index (χ4v) is 4.18. The number of rotatable bonds is 8. The van der Waals surface area contributed by atoms with Gasteiger partial charge in [-0.2, -0.15) is 0 Å². The lowest BCUT2D eigenvalue weighted by atomic mass is 10.2. The molecule has 0 unspecified atom stereocenters. The van der Waals surface area contributed by atoms with E-state index in [9.17, 15) is 13.2 Å². The third kappa shape index (κ3) is 6.12. The average Bonchev–Trinajstić information content (AvgIpc) is 2.60. The molecule has 1 heterocycles. The number of nitrogens with zero attached hydrogens (tertiary/aromatic N) is 2. The molecular formula is C17H26ClN3O4S. The number of nitrogens with one attached hydrogen (secondary N) is 1. The van der Waals surface area contributed by atoms with E-state index in [1.165, 1.54) is 0 Å². The largest absolute Gasteiger partial charge is 0.379 e. The molecule has 1 fully saturated rings. The fourth-order valence-electron chi connectivity index (χ4n) is 2.88. The highest BCUT2D eigenvalue weighted by atomic mass is 35.5. The van der Waals surface area contributed by atoms with Crippen LogP contribution in [0.2, 0.25) is 5.02 Å². The predicted octanol–water partition coefficient (Wildman–Crippen LogP) is 1.33. The zero-order valence-electron chi connectivity index (χ0n) is 15.2. The molecule has 1 aromatic rings. The Hall–Kier alpha value is -1.35. The first-order chi connectivity index (χ1) is 12.3. The Labute approximate surface area is 160 Å². The van der Waals surface area contributed by atoms with E-state index in [2.05, 4.69) is 10.2 Å². The van der Waals surface area contributed by atoms with Crippen LogP contribution in [0.5, 0.6) is 0 Å². The molecule has 1 atom stereocenters. The zero-order chi connectivity index (χ0) is 19.2. The molecule has 26 heavy (non-hydrogen) atoms. The van der Waals surface area contributed by atoms with Crippen LogP contribution in [-0.2, 0) is 19.6 Å². The van der Waals surface area contributed by atoms with Crippen molar-refractivity contribution in [3.63, 3.8) is 0 Å². The molecule has 1 saturated heterocycles. The van der Waals surface area contributed by atoms with Gasteiger partial charge in [-0.15, -0.1) is 0 Å². The Morgan fingerprint density at radius 3 is 2.50 bits per heavy atom. The van der Waals surface area contributed by atoms with Gasteiger partial charge in [0.2, 0.25) is 15.9 Å². The number of carbonyl (C=O) groups excluding carboxylic acids is 1. The van der Waals surface area contributed by atoms with Crippen molar-refractivity contribution in [2.24, 2.45) is 0 Å². The number of morpholine rings is 1. The van der Waals surface area contributed by atoms with Gasteiger partial charge in [-0.1, -0.05) is 11.6 Å². The number of hydrogen-bond donors (Lipinski definition) is 1. The van der Waals surface area contributed by atoms with Crippen LogP contribution >= 0.6 is 11.6 Å². The standard InChI is InChI=1S/C17H26ClN3O4S/c1-14(17(22)19-8-3-9-20-10-12-25-13-11-20)21(26(2,23)24)16-6-4-15(18)5-7-16/h4-7,14H,3,8-13H2,1-2H3,(H,19,22)/t14-/m0/s1. The van der Waals surface area contributed by atoms with Gasteiger partial charge in [0, 0.05) is 24.7 Å². The molecule has 1 aliphatic heterocycles. The summed E-state index contributed by atoms with van der Waals surface area (Å²) < 4.78 is 30.8. The molecule has 0 bridgehead atoms. The van der Waals surface area contributed by atoms with E-state index >= 15 is 0 Å². The second-order valence-corrected chi connectivity index (χ2v) is 8.61. The van der Waals surface area contributed by atoms with Gasteiger partial charge in [0.15, 0.2) is 0 Å². The SMILES string of the molecule is C[C@@H](C(=O)NCCCN1CCOCC1)N(c1ccc(Cl)cc1)S(C)(=O)=O. The van der Waals surface area contributed by atoms with Gasteiger partial charge >= 0.3 is 0 Å². The summed E-state index contributed by atoms with van der Waals surface area (Å²) in [6, 6.07) is 5.52. The lowest BCUT2D eigenvalue weighted by Crippen LogP contribution is -2.48. The maximum Gasteiger partial charge on any atom is 0.243 e. The Morgan fingerprint density at radius 1 is 1.31 bits per heavy atom. The second-order valence-electron chi connectivity index (χ2n) is 6.31. The molecule has 1 aliphatic rings. The molecule has 0 aromatic heterocycles. The van der Waals surface area contributed by atoms with Crippen molar-refractivity contribution in [3.05, 3.63) is 29.3 Å². The van der Waals surface area contributed by atoms with E-state index < -0.39 is 16.1 Å². The summed E-state index contributed by atoms with van der Waals surface area (Å²) in [5.74, 6) is -0.327. The Bertz CT molecular complexity index is 690. The van der Waals surface area contributed by atoms with E-state index in [1.807, 2.05) is 0 Å². The number of ether oxygens (including phenoxy) is 1. The van der Waals surface area contributed by atoms with E-state index in [1.54, 1.807) is 31.2 Å². The van der Waals surface area contributed by atoms with Crippen LogP contribution in [0.1, 0.15) is 13.3 Å². The highest BCUT2D eigenvalue weighted by molar-refractivity contribution is 7.92. The number of hydrogen-bond acceptors (Lipinski definition) is 5. The lowest BCUT2D eigenvalue weighted by molar-refractivity contribution is -0.121. The van der Waals surface area contributed by atoms with Crippen molar-refractivity contribution >= 4 is 33.2 Å². The van der Waals surface area contributed by atoms with Crippen molar-refractivity contribution in [1.82, 2.24) is 10.2 Å². The minimum absolute atomic E-state index is 0.327. The van der Waals surface area contributed by atoms with E-state index in [4.69, 9.17) is 16.3 Å². The molecule has 0 aliphatic carbocycles. The van der Waals surface area contributed by atoms with Crippen LogP contribution in [0.3, 0.4) is 0 Å². The predicted molar refractivity (Wildman–Crippen MR) is 103 cm³/mol. The molecule has 1 aromatic carbocycles. The van der Waals surface area contributed by atoms with Crippen LogP contribution in [0, 0.1) is 0 Å². The van der Waals surface area contributed by atoms with Crippen LogP contribution in [0.15, 0.2) is 24.3 Å². The summed E-state index contributed by atoms with van der Waals surface area (Å²) in [5, 5.41) is 3.33. The number of carbonyl (C=O) groups is 1. The van der Waals surface area contributed by atoms with Crippen LogP contribution < -0.4 is 9.62 Å². The monoisotopic (exact) mass is 403 g/mol. The first-order valence-electron chi connectivity index (χ1n) is 8.62. The summed E-state index contributed by atoms with van der Waals surface area (Å²) in [5.41, 5.74) is 0.410. The van der Waals surface area contributed by atoms with Gasteiger partial charge in [0.1, 0.15) is 6.04 Å². The number of halogens is 1. The highest BCUT2D eigenvalue weighted by Crippen LogP contribution is 2.22. The van der Waals surface area contributed by atoms with Gasteiger partial charge in [-0.3, -0.25) is 14.0 Å². The van der Waals surface area contributed by atoms with Crippen LogP contribution in [0.4, 0.5) is 5.69 Å². The first kappa shape index (κ1) is 21.0.